The Kier molecular flexibility index (Phi) is 3.20. The molecule has 3 rings (SSSR count). The van der Waals surface area contributed by atoms with Crippen LogP contribution in [0.15, 0.2) is 0 Å². The van der Waals surface area contributed by atoms with Gasteiger partial charge in [-0.1, -0.05) is 47.5 Å². The molecule has 0 aromatic carbocycles. The zero-order chi connectivity index (χ0) is 14.7. The molecule has 3 fully saturated rings. The van der Waals surface area contributed by atoms with Crippen molar-refractivity contribution in [3.63, 3.8) is 0 Å². The summed E-state index contributed by atoms with van der Waals surface area (Å²) in [6.07, 6.45) is 6.43. The normalized spacial score (nSPS) is 36.9. The van der Waals surface area contributed by atoms with Crippen LogP contribution in [-0.2, 0) is 4.79 Å². The Balaban J connectivity index is 1.87. The van der Waals surface area contributed by atoms with Gasteiger partial charge >= 0.3 is 0 Å². The highest BCUT2D eigenvalue weighted by Crippen LogP contribution is 2.66. The number of carbonyl (C=O) groups excluding carboxylic acids is 1. The fourth-order valence-corrected chi connectivity index (χ4v) is 4.75. The quantitative estimate of drug-likeness (QED) is 0.860. The first kappa shape index (κ1) is 14.4. The van der Waals surface area contributed by atoms with Gasteiger partial charge in [0.15, 0.2) is 0 Å². The standard InChI is InChI=1S/C17H30N2O/c1-6-12-14(20)19(15-16(2,3)17(15,4)5)13(18-12)11-9-7-8-10-11/h11-13,15,18H,6-10H2,1-5H3. The molecular formula is C17H30N2O. The minimum atomic E-state index is 0.0489. The summed E-state index contributed by atoms with van der Waals surface area (Å²) in [7, 11) is 0. The number of nitrogens with zero attached hydrogens (tertiary/aromatic N) is 1. The Labute approximate surface area is 123 Å². The summed E-state index contributed by atoms with van der Waals surface area (Å²) in [6.45, 7) is 11.4. The molecule has 2 saturated carbocycles. The van der Waals surface area contributed by atoms with E-state index in [0.29, 0.717) is 24.0 Å². The molecule has 20 heavy (non-hydrogen) atoms. The third kappa shape index (κ3) is 1.78. The number of rotatable bonds is 3. The van der Waals surface area contributed by atoms with Crippen molar-refractivity contribution in [1.29, 1.82) is 0 Å². The Morgan fingerprint density at radius 3 is 2.15 bits per heavy atom. The molecule has 3 aliphatic rings. The maximum atomic E-state index is 12.8. The SMILES string of the molecule is CCC1NC(C2CCCC2)N(C2C(C)(C)C2(C)C)C1=O. The first-order valence-electron chi connectivity index (χ1n) is 8.40. The number of amides is 1. The highest BCUT2D eigenvalue weighted by atomic mass is 16.2. The van der Waals surface area contributed by atoms with Crippen LogP contribution in [0, 0.1) is 16.7 Å². The topological polar surface area (TPSA) is 32.3 Å². The molecule has 3 nitrogen and oxygen atoms in total. The Bertz CT molecular complexity index is 395. The molecule has 1 amide bonds. The molecule has 114 valence electrons. The highest BCUT2D eigenvalue weighted by molar-refractivity contribution is 5.85. The molecule has 0 aromatic rings. The van der Waals surface area contributed by atoms with E-state index in [1.165, 1.54) is 25.7 Å². The molecule has 1 N–H and O–H groups in total. The van der Waals surface area contributed by atoms with Gasteiger partial charge in [-0.05, 0) is 36.0 Å². The van der Waals surface area contributed by atoms with Crippen molar-refractivity contribution in [2.24, 2.45) is 16.7 Å². The average molecular weight is 278 g/mol. The minimum Gasteiger partial charge on any atom is -0.321 e. The lowest BCUT2D eigenvalue weighted by molar-refractivity contribution is -0.132. The van der Waals surface area contributed by atoms with E-state index in [0.717, 1.165) is 6.42 Å². The van der Waals surface area contributed by atoms with Crippen LogP contribution in [0.2, 0.25) is 0 Å². The van der Waals surface area contributed by atoms with Crippen LogP contribution in [-0.4, -0.2) is 29.1 Å². The molecule has 0 bridgehead atoms. The lowest BCUT2D eigenvalue weighted by atomic mass is 10.0. The number of nitrogens with one attached hydrogen (secondary N) is 1. The zero-order valence-electron chi connectivity index (χ0n) is 13.7. The van der Waals surface area contributed by atoms with Gasteiger partial charge in [0.25, 0.3) is 0 Å². The van der Waals surface area contributed by atoms with Crippen LogP contribution in [0.1, 0.15) is 66.7 Å². The molecule has 2 aliphatic carbocycles. The summed E-state index contributed by atoms with van der Waals surface area (Å²) in [6, 6.07) is 0.449. The fraction of sp³-hybridized carbons (Fsp3) is 0.941. The van der Waals surface area contributed by atoms with Gasteiger partial charge in [0.05, 0.1) is 12.2 Å². The van der Waals surface area contributed by atoms with E-state index in [1.807, 2.05) is 0 Å². The van der Waals surface area contributed by atoms with E-state index >= 15 is 0 Å². The predicted molar refractivity (Wildman–Crippen MR) is 81.2 cm³/mol. The molecule has 0 radical (unpaired) electrons. The van der Waals surface area contributed by atoms with Gasteiger partial charge in [-0.25, -0.2) is 0 Å². The van der Waals surface area contributed by atoms with Gasteiger partial charge in [0.2, 0.25) is 5.91 Å². The molecular weight excluding hydrogens is 248 g/mol. The second kappa shape index (κ2) is 4.46. The van der Waals surface area contributed by atoms with Crippen LogP contribution in [0.3, 0.4) is 0 Å². The van der Waals surface area contributed by atoms with Crippen molar-refractivity contribution in [2.45, 2.75) is 85.0 Å². The monoisotopic (exact) mass is 278 g/mol. The van der Waals surface area contributed by atoms with Crippen LogP contribution in [0.4, 0.5) is 0 Å². The smallest absolute Gasteiger partial charge is 0.241 e. The van der Waals surface area contributed by atoms with Crippen LogP contribution < -0.4 is 5.32 Å². The second-order valence-electron chi connectivity index (χ2n) is 8.21. The lowest BCUT2D eigenvalue weighted by Crippen LogP contribution is -2.45. The van der Waals surface area contributed by atoms with E-state index in [1.54, 1.807) is 0 Å². The molecule has 2 atom stereocenters. The van der Waals surface area contributed by atoms with Crippen molar-refractivity contribution < 1.29 is 4.79 Å². The molecule has 2 unspecified atom stereocenters. The molecule has 1 saturated heterocycles. The maximum absolute atomic E-state index is 12.8. The summed E-state index contributed by atoms with van der Waals surface area (Å²) in [5, 5.41) is 3.66. The predicted octanol–water partition coefficient (Wildman–Crippen LogP) is 3.15. The molecule has 1 aliphatic heterocycles. The second-order valence-corrected chi connectivity index (χ2v) is 8.21. The van der Waals surface area contributed by atoms with Crippen LogP contribution in [0.5, 0.6) is 0 Å². The number of hydrogen-bond acceptors (Lipinski definition) is 2. The summed E-state index contributed by atoms with van der Waals surface area (Å²) in [4.78, 5) is 15.1. The third-order valence-corrected chi connectivity index (χ3v) is 6.70. The fourth-order valence-electron chi connectivity index (χ4n) is 4.75. The summed E-state index contributed by atoms with van der Waals surface area (Å²) < 4.78 is 0. The van der Waals surface area contributed by atoms with Crippen molar-refractivity contribution >= 4 is 5.91 Å². The van der Waals surface area contributed by atoms with Crippen LogP contribution in [0.25, 0.3) is 0 Å². The van der Waals surface area contributed by atoms with E-state index in [2.05, 4.69) is 44.8 Å². The van der Waals surface area contributed by atoms with E-state index < -0.39 is 0 Å². The molecule has 3 heteroatoms. The zero-order valence-corrected chi connectivity index (χ0v) is 13.7. The summed E-state index contributed by atoms with van der Waals surface area (Å²) >= 11 is 0. The van der Waals surface area contributed by atoms with E-state index in [4.69, 9.17) is 0 Å². The van der Waals surface area contributed by atoms with Gasteiger partial charge < -0.3 is 4.90 Å². The highest BCUT2D eigenvalue weighted by Gasteiger charge is 2.70. The summed E-state index contributed by atoms with van der Waals surface area (Å²) in [5.41, 5.74) is 0.480. The van der Waals surface area contributed by atoms with Crippen LogP contribution >= 0.6 is 0 Å². The van der Waals surface area contributed by atoms with E-state index in [-0.39, 0.29) is 16.9 Å². The Morgan fingerprint density at radius 2 is 1.70 bits per heavy atom. The minimum absolute atomic E-state index is 0.0489. The molecule has 1 heterocycles. The van der Waals surface area contributed by atoms with Gasteiger partial charge in [-0.15, -0.1) is 0 Å². The van der Waals surface area contributed by atoms with Crippen molar-refractivity contribution in [1.82, 2.24) is 10.2 Å². The Morgan fingerprint density at radius 1 is 1.15 bits per heavy atom. The van der Waals surface area contributed by atoms with Gasteiger partial charge in [-0.3, -0.25) is 10.1 Å². The molecule has 0 aromatic heterocycles. The van der Waals surface area contributed by atoms with E-state index in [9.17, 15) is 4.79 Å². The first-order valence-corrected chi connectivity index (χ1v) is 8.40. The third-order valence-electron chi connectivity index (χ3n) is 6.70. The Hall–Kier alpha value is -0.570. The largest absolute Gasteiger partial charge is 0.321 e. The van der Waals surface area contributed by atoms with Crippen molar-refractivity contribution in [3.05, 3.63) is 0 Å². The van der Waals surface area contributed by atoms with Crippen molar-refractivity contribution in [3.8, 4) is 0 Å². The number of carbonyl (C=O) groups is 1. The van der Waals surface area contributed by atoms with Gasteiger partial charge in [0, 0.05) is 6.04 Å². The van der Waals surface area contributed by atoms with Gasteiger partial charge in [-0.2, -0.15) is 0 Å². The number of hydrogen-bond donors (Lipinski definition) is 1. The van der Waals surface area contributed by atoms with Gasteiger partial charge in [0.1, 0.15) is 0 Å². The summed E-state index contributed by atoms with van der Waals surface area (Å²) in [5.74, 6) is 1.02. The lowest BCUT2D eigenvalue weighted by Gasteiger charge is -2.31. The van der Waals surface area contributed by atoms with Crippen molar-refractivity contribution in [2.75, 3.05) is 0 Å². The average Bonchev–Trinajstić information content (AvgIpc) is 2.85. The first-order chi connectivity index (χ1) is 9.32. The molecule has 0 spiro atoms. The maximum Gasteiger partial charge on any atom is 0.241 e.